The lowest BCUT2D eigenvalue weighted by Gasteiger charge is -2.37. The molecule has 0 aliphatic carbocycles. The second kappa shape index (κ2) is 5.30. The summed E-state index contributed by atoms with van der Waals surface area (Å²) in [4.78, 5) is 16.9. The topological polar surface area (TPSA) is 148 Å². The summed E-state index contributed by atoms with van der Waals surface area (Å²) < 4.78 is 14.6. The Morgan fingerprint density at radius 3 is 2.12 bits per heavy atom. The van der Waals surface area contributed by atoms with Crippen molar-refractivity contribution in [1.29, 1.82) is 0 Å². The van der Waals surface area contributed by atoms with Crippen LogP contribution in [0, 0.1) is 0 Å². The first-order valence-corrected chi connectivity index (χ1v) is 6.77. The van der Waals surface area contributed by atoms with Crippen LogP contribution in [0.15, 0.2) is 0 Å². The molecule has 0 aromatic rings. The first-order valence-electron chi connectivity index (χ1n) is 4.30. The molecule has 8 nitrogen and oxygen atoms in total. The normalized spacial score (nSPS) is 41.0. The van der Waals surface area contributed by atoms with Crippen LogP contribution in [0.3, 0.4) is 0 Å². The molecule has 96 valence electrons. The molecule has 0 amide bonds. The van der Waals surface area contributed by atoms with Crippen LogP contribution in [0.2, 0.25) is 0 Å². The van der Waals surface area contributed by atoms with Gasteiger partial charge in [0.15, 0.2) is 0 Å². The van der Waals surface area contributed by atoms with Crippen LogP contribution in [-0.4, -0.2) is 65.8 Å². The fourth-order valence-electron chi connectivity index (χ4n) is 1.24. The van der Waals surface area contributed by atoms with E-state index in [1.165, 1.54) is 0 Å². The number of aliphatic hydroxyl groups excluding tert-OH is 4. The maximum atomic E-state index is 10.4. The molecule has 1 aliphatic heterocycles. The summed E-state index contributed by atoms with van der Waals surface area (Å²) in [7, 11) is -4.66. The Hall–Kier alpha value is 0.300. The van der Waals surface area contributed by atoms with E-state index in [1.807, 2.05) is 0 Å². The molecular formula is C6H13O8PS. The highest BCUT2D eigenvalue weighted by Gasteiger charge is 2.43. The van der Waals surface area contributed by atoms with Crippen molar-refractivity contribution in [1.82, 2.24) is 0 Å². The molecule has 10 heteroatoms. The van der Waals surface area contributed by atoms with Crippen LogP contribution in [-0.2, 0) is 9.09 Å². The minimum Gasteiger partial charge on any atom is -0.389 e. The highest BCUT2D eigenvalue weighted by atomic mass is 32.2. The number of hydrogen-bond donors (Lipinski definition) is 6. The maximum absolute atomic E-state index is 10.4. The van der Waals surface area contributed by atoms with Gasteiger partial charge in [0.25, 0.3) is 0 Å². The lowest BCUT2D eigenvalue weighted by Crippen LogP contribution is -2.54. The van der Waals surface area contributed by atoms with E-state index in [1.54, 1.807) is 0 Å². The average molecular weight is 276 g/mol. The van der Waals surface area contributed by atoms with E-state index in [0.717, 1.165) is 0 Å². The zero-order chi connectivity index (χ0) is 12.5. The molecule has 1 aliphatic rings. The Labute approximate surface area is 95.1 Å². The maximum Gasteiger partial charge on any atom is 0.469 e. The molecule has 6 N–H and O–H groups in total. The number of phosphoric acid groups is 1. The van der Waals surface area contributed by atoms with Gasteiger partial charge in [-0.15, -0.1) is 11.8 Å². The lowest BCUT2D eigenvalue weighted by atomic mass is 10.0. The number of phosphoric ester groups is 1. The number of rotatable bonds is 3. The van der Waals surface area contributed by atoms with Crippen molar-refractivity contribution < 1.29 is 39.3 Å². The van der Waals surface area contributed by atoms with E-state index < -0.39 is 43.4 Å². The minimum atomic E-state index is -4.66. The van der Waals surface area contributed by atoms with Crippen molar-refractivity contribution in [2.45, 2.75) is 29.0 Å². The molecule has 1 saturated heterocycles. The van der Waals surface area contributed by atoms with E-state index >= 15 is 0 Å². The van der Waals surface area contributed by atoms with E-state index in [2.05, 4.69) is 4.52 Å². The van der Waals surface area contributed by atoms with Gasteiger partial charge < -0.3 is 30.2 Å². The van der Waals surface area contributed by atoms with Gasteiger partial charge in [0.2, 0.25) is 0 Å². The molecule has 16 heavy (non-hydrogen) atoms. The highest BCUT2D eigenvalue weighted by molar-refractivity contribution is 8.00. The highest BCUT2D eigenvalue weighted by Crippen LogP contribution is 2.39. The fraction of sp³-hybridized carbons (Fsp3) is 1.00. The average Bonchev–Trinajstić information content (AvgIpc) is 2.17. The van der Waals surface area contributed by atoms with Gasteiger partial charge in [-0.3, -0.25) is 4.52 Å². The van der Waals surface area contributed by atoms with Crippen LogP contribution < -0.4 is 0 Å². The van der Waals surface area contributed by atoms with Crippen molar-refractivity contribution in [2.24, 2.45) is 0 Å². The summed E-state index contributed by atoms with van der Waals surface area (Å²) in [6.45, 7) is -0.545. The van der Waals surface area contributed by atoms with Crippen LogP contribution in [0.1, 0.15) is 0 Å². The Morgan fingerprint density at radius 2 is 1.62 bits per heavy atom. The van der Waals surface area contributed by atoms with Crippen molar-refractivity contribution >= 4 is 19.6 Å². The molecule has 0 aromatic heterocycles. The predicted octanol–water partition coefficient (Wildman–Crippen LogP) is -2.39. The fourth-order valence-corrected chi connectivity index (χ4v) is 2.84. The zero-order valence-corrected chi connectivity index (χ0v) is 9.66. The third-order valence-electron chi connectivity index (χ3n) is 2.09. The quantitative estimate of drug-likeness (QED) is 0.310. The molecular weight excluding hydrogens is 263 g/mol. The largest absolute Gasteiger partial charge is 0.469 e. The molecule has 5 atom stereocenters. The van der Waals surface area contributed by atoms with Crippen LogP contribution >= 0.6 is 19.6 Å². The molecule has 1 heterocycles. The summed E-state index contributed by atoms with van der Waals surface area (Å²) in [6.07, 6.45) is -4.53. The predicted molar refractivity (Wildman–Crippen MR) is 53.4 cm³/mol. The molecule has 0 radical (unpaired) electrons. The molecule has 0 aromatic carbocycles. The van der Waals surface area contributed by atoms with Gasteiger partial charge >= 0.3 is 7.82 Å². The smallest absolute Gasteiger partial charge is 0.389 e. The van der Waals surface area contributed by atoms with Crippen LogP contribution in [0.25, 0.3) is 0 Å². The second-order valence-electron chi connectivity index (χ2n) is 3.32. The van der Waals surface area contributed by atoms with Gasteiger partial charge in [-0.1, -0.05) is 0 Å². The third kappa shape index (κ3) is 3.66. The van der Waals surface area contributed by atoms with Gasteiger partial charge in [-0.2, -0.15) is 0 Å². The van der Waals surface area contributed by atoms with Crippen molar-refractivity contribution in [3.63, 3.8) is 0 Å². The molecule has 1 rings (SSSR count). The van der Waals surface area contributed by atoms with Crippen molar-refractivity contribution in [3.8, 4) is 0 Å². The van der Waals surface area contributed by atoms with Gasteiger partial charge in [0.05, 0.1) is 18.0 Å². The Balaban J connectivity index is 2.57. The second-order valence-corrected chi connectivity index (χ2v) is 5.92. The summed E-state index contributed by atoms with van der Waals surface area (Å²) in [6, 6.07) is 0. The summed E-state index contributed by atoms with van der Waals surface area (Å²) >= 11 is 0.674. The van der Waals surface area contributed by atoms with Gasteiger partial charge in [0, 0.05) is 0 Å². The molecule has 0 spiro atoms. The van der Waals surface area contributed by atoms with Crippen LogP contribution in [0.5, 0.6) is 0 Å². The standard InChI is InChI=1S/C6H13O8PS/c7-3-2(1-14-15(11,12)13)16-6(10)5(9)4(3)8/h2-10H,1H2,(H2,11,12,13)/t2-,3+,4-,5+,6-/m0/s1. The molecule has 0 bridgehead atoms. The number of aliphatic hydroxyl groups is 4. The Morgan fingerprint density at radius 1 is 1.06 bits per heavy atom. The van der Waals surface area contributed by atoms with Crippen molar-refractivity contribution in [3.05, 3.63) is 0 Å². The summed E-state index contributed by atoms with van der Waals surface area (Å²) in [5.74, 6) is 0. The zero-order valence-electron chi connectivity index (χ0n) is 7.95. The monoisotopic (exact) mass is 276 g/mol. The first kappa shape index (κ1) is 14.4. The Kier molecular flexibility index (Phi) is 4.76. The minimum absolute atomic E-state index is 0.545. The van der Waals surface area contributed by atoms with E-state index in [9.17, 15) is 25.0 Å². The SMILES string of the molecule is O=P(O)(O)OC[C@@H]1S[C@H](O)[C@H](O)[C@@H](O)[C@@H]1O. The molecule has 0 unspecified atom stereocenters. The lowest BCUT2D eigenvalue weighted by molar-refractivity contribution is -0.0951. The summed E-state index contributed by atoms with van der Waals surface area (Å²) in [5, 5.41) is 36.3. The number of hydrogen-bond acceptors (Lipinski definition) is 7. The van der Waals surface area contributed by atoms with Crippen LogP contribution in [0.4, 0.5) is 0 Å². The first-order chi connectivity index (χ1) is 7.22. The molecule has 1 fully saturated rings. The van der Waals surface area contributed by atoms with E-state index in [-0.39, 0.29) is 0 Å². The van der Waals surface area contributed by atoms with Gasteiger partial charge in [-0.05, 0) is 0 Å². The van der Waals surface area contributed by atoms with E-state index in [4.69, 9.17) is 9.79 Å². The third-order valence-corrected chi connectivity index (χ3v) is 3.90. The number of thioether (sulfide) groups is 1. The Bertz CT molecular complexity index is 282. The van der Waals surface area contributed by atoms with Gasteiger partial charge in [0.1, 0.15) is 17.6 Å². The van der Waals surface area contributed by atoms with Gasteiger partial charge in [-0.25, -0.2) is 4.57 Å². The summed E-state index contributed by atoms with van der Waals surface area (Å²) in [5.41, 5.74) is -1.34. The van der Waals surface area contributed by atoms with Crippen molar-refractivity contribution in [2.75, 3.05) is 6.61 Å². The molecule has 0 saturated carbocycles. The van der Waals surface area contributed by atoms with E-state index in [0.29, 0.717) is 11.8 Å².